The van der Waals surface area contributed by atoms with Crippen molar-refractivity contribution in [3.05, 3.63) is 53.6 Å². The molecule has 1 atom stereocenters. The van der Waals surface area contributed by atoms with Gasteiger partial charge in [-0.15, -0.1) is 0 Å². The lowest BCUT2D eigenvalue weighted by Gasteiger charge is -2.18. The molecule has 0 aliphatic carbocycles. The zero-order chi connectivity index (χ0) is 16.8. The molecule has 2 aromatic carbocycles. The number of aryl methyl sites for hydroxylation is 2. The van der Waals surface area contributed by atoms with Crippen molar-refractivity contribution in [1.82, 2.24) is 4.57 Å². The number of nitrogens with one attached hydrogen (secondary N) is 1. The highest BCUT2D eigenvalue weighted by atomic mass is 16.1. The largest absolute Gasteiger partial charge is 0.381 e. The Kier molecular flexibility index (Phi) is 3.45. The number of ketones is 1. The summed E-state index contributed by atoms with van der Waals surface area (Å²) < 4.78 is 2.26. The van der Waals surface area contributed by atoms with Crippen LogP contribution in [0.4, 0.5) is 5.69 Å². The van der Waals surface area contributed by atoms with Crippen LogP contribution in [0, 0.1) is 6.92 Å². The van der Waals surface area contributed by atoms with Crippen LogP contribution >= 0.6 is 0 Å². The standard InChI is InChI=1S/C21H22N2O/c1-13-11-16(24)12-15-7-6-9-18(20(15)22-13)21-14(2)17-8-4-5-10-19(17)23(21)3/h4-10,13,22H,11-12H2,1-3H3/t13-/m1/s1. The minimum Gasteiger partial charge on any atom is -0.381 e. The van der Waals surface area contributed by atoms with Gasteiger partial charge in [0.1, 0.15) is 5.78 Å². The van der Waals surface area contributed by atoms with E-state index in [4.69, 9.17) is 0 Å². The molecule has 0 saturated carbocycles. The summed E-state index contributed by atoms with van der Waals surface area (Å²) in [7, 11) is 2.12. The number of aromatic nitrogens is 1. The van der Waals surface area contributed by atoms with Crippen molar-refractivity contribution in [2.24, 2.45) is 7.05 Å². The molecule has 0 spiro atoms. The molecule has 1 aliphatic rings. The minimum absolute atomic E-state index is 0.162. The first-order valence-electron chi connectivity index (χ1n) is 8.50. The Morgan fingerprint density at radius 2 is 1.92 bits per heavy atom. The van der Waals surface area contributed by atoms with E-state index in [9.17, 15) is 4.79 Å². The number of hydrogen-bond donors (Lipinski definition) is 1. The van der Waals surface area contributed by atoms with Gasteiger partial charge in [-0.05, 0) is 31.0 Å². The summed E-state index contributed by atoms with van der Waals surface area (Å²) in [6.07, 6.45) is 1.10. The molecular formula is C21H22N2O. The first kappa shape index (κ1) is 15.0. The van der Waals surface area contributed by atoms with Crippen molar-refractivity contribution in [2.45, 2.75) is 32.7 Å². The van der Waals surface area contributed by atoms with Crippen molar-refractivity contribution < 1.29 is 4.79 Å². The van der Waals surface area contributed by atoms with Crippen LogP contribution in [-0.2, 0) is 18.3 Å². The van der Waals surface area contributed by atoms with E-state index in [0.717, 1.165) is 11.3 Å². The second-order valence-electron chi connectivity index (χ2n) is 6.85. The zero-order valence-corrected chi connectivity index (χ0v) is 14.4. The van der Waals surface area contributed by atoms with Gasteiger partial charge in [-0.25, -0.2) is 0 Å². The monoisotopic (exact) mass is 318 g/mol. The summed E-state index contributed by atoms with van der Waals surface area (Å²) in [6, 6.07) is 15.0. The fourth-order valence-corrected chi connectivity index (χ4v) is 4.00. The van der Waals surface area contributed by atoms with Gasteiger partial charge in [0.25, 0.3) is 0 Å². The first-order chi connectivity index (χ1) is 11.6. The Hall–Kier alpha value is -2.55. The van der Waals surface area contributed by atoms with Crippen molar-refractivity contribution in [2.75, 3.05) is 5.32 Å². The Morgan fingerprint density at radius 1 is 1.12 bits per heavy atom. The van der Waals surface area contributed by atoms with E-state index in [2.05, 4.69) is 73.2 Å². The van der Waals surface area contributed by atoms with Gasteiger partial charge in [-0.3, -0.25) is 4.79 Å². The fraction of sp³-hybridized carbons (Fsp3) is 0.286. The van der Waals surface area contributed by atoms with Gasteiger partial charge in [0.15, 0.2) is 0 Å². The third kappa shape index (κ3) is 2.23. The number of fused-ring (bicyclic) bond motifs is 2. The molecule has 1 aliphatic heterocycles. The van der Waals surface area contributed by atoms with E-state index in [0.29, 0.717) is 18.6 Å². The Labute approximate surface area is 142 Å². The second kappa shape index (κ2) is 5.52. The lowest BCUT2D eigenvalue weighted by molar-refractivity contribution is -0.118. The molecule has 0 saturated heterocycles. The van der Waals surface area contributed by atoms with Crippen molar-refractivity contribution in [1.29, 1.82) is 0 Å². The molecule has 0 bridgehead atoms. The maximum absolute atomic E-state index is 12.1. The summed E-state index contributed by atoms with van der Waals surface area (Å²) in [4.78, 5) is 12.1. The van der Waals surface area contributed by atoms with Crippen LogP contribution in [0.5, 0.6) is 0 Å². The van der Waals surface area contributed by atoms with E-state index in [1.54, 1.807) is 0 Å². The summed E-state index contributed by atoms with van der Waals surface area (Å²) in [5, 5.41) is 4.87. The Bertz CT molecular complexity index is 913. The number of para-hydroxylation sites is 2. The molecule has 3 nitrogen and oxygen atoms in total. The molecule has 2 heterocycles. The van der Waals surface area contributed by atoms with Crippen LogP contribution in [0.1, 0.15) is 24.5 Å². The molecule has 0 radical (unpaired) electrons. The molecule has 0 unspecified atom stereocenters. The molecular weight excluding hydrogens is 296 g/mol. The second-order valence-corrected chi connectivity index (χ2v) is 6.85. The number of hydrogen-bond acceptors (Lipinski definition) is 2. The zero-order valence-electron chi connectivity index (χ0n) is 14.4. The molecule has 122 valence electrons. The minimum atomic E-state index is 0.162. The molecule has 0 fully saturated rings. The highest BCUT2D eigenvalue weighted by Crippen LogP contribution is 2.39. The van der Waals surface area contributed by atoms with Crippen LogP contribution in [-0.4, -0.2) is 16.4 Å². The van der Waals surface area contributed by atoms with Crippen LogP contribution in [0.3, 0.4) is 0 Å². The smallest absolute Gasteiger partial charge is 0.139 e. The number of rotatable bonds is 1. The normalized spacial score (nSPS) is 17.5. The third-order valence-electron chi connectivity index (χ3n) is 5.08. The molecule has 24 heavy (non-hydrogen) atoms. The Balaban J connectivity index is 1.99. The van der Waals surface area contributed by atoms with Gasteiger partial charge >= 0.3 is 0 Å². The quantitative estimate of drug-likeness (QED) is 0.718. The number of benzene rings is 2. The van der Waals surface area contributed by atoms with E-state index >= 15 is 0 Å². The first-order valence-corrected chi connectivity index (χ1v) is 8.50. The average Bonchev–Trinajstić information content (AvgIpc) is 2.71. The van der Waals surface area contributed by atoms with Crippen molar-refractivity contribution >= 4 is 22.4 Å². The summed E-state index contributed by atoms with van der Waals surface area (Å²) >= 11 is 0. The van der Waals surface area contributed by atoms with Gasteiger partial charge < -0.3 is 9.88 Å². The summed E-state index contributed by atoms with van der Waals surface area (Å²) in [5.74, 6) is 0.305. The van der Waals surface area contributed by atoms with Gasteiger partial charge in [0.2, 0.25) is 0 Å². The predicted octanol–water partition coefficient (Wildman–Crippen LogP) is 4.47. The lowest BCUT2D eigenvalue weighted by atomic mass is 9.99. The van der Waals surface area contributed by atoms with Crippen LogP contribution in [0.25, 0.3) is 22.2 Å². The summed E-state index contributed by atoms with van der Waals surface area (Å²) in [6.45, 7) is 4.26. The van der Waals surface area contributed by atoms with Crippen molar-refractivity contribution in [3.8, 4) is 11.3 Å². The maximum Gasteiger partial charge on any atom is 0.139 e. The number of nitrogens with zero attached hydrogens (tertiary/aromatic N) is 1. The number of anilines is 1. The molecule has 3 heteroatoms. The van der Waals surface area contributed by atoms with E-state index in [1.807, 2.05) is 0 Å². The highest BCUT2D eigenvalue weighted by molar-refractivity contribution is 5.96. The molecule has 1 N–H and O–H groups in total. The van der Waals surface area contributed by atoms with Crippen LogP contribution in [0.15, 0.2) is 42.5 Å². The maximum atomic E-state index is 12.1. The topological polar surface area (TPSA) is 34.0 Å². The fourth-order valence-electron chi connectivity index (χ4n) is 4.00. The van der Waals surface area contributed by atoms with E-state index in [-0.39, 0.29) is 6.04 Å². The number of carbonyl (C=O) groups excluding carboxylic acids is 1. The highest BCUT2D eigenvalue weighted by Gasteiger charge is 2.23. The summed E-state index contributed by atoms with van der Waals surface area (Å²) in [5.41, 5.74) is 7.15. The molecule has 1 aromatic heterocycles. The molecule has 3 aromatic rings. The number of carbonyl (C=O) groups is 1. The Morgan fingerprint density at radius 3 is 2.71 bits per heavy atom. The predicted molar refractivity (Wildman–Crippen MR) is 99.5 cm³/mol. The molecule has 4 rings (SSSR count). The number of Topliss-reactive ketones (excluding diaryl/α,β-unsaturated/α-hetero) is 1. The van der Waals surface area contributed by atoms with Crippen LogP contribution < -0.4 is 5.32 Å². The average molecular weight is 318 g/mol. The van der Waals surface area contributed by atoms with Gasteiger partial charge in [0.05, 0.1) is 5.69 Å². The van der Waals surface area contributed by atoms with Crippen molar-refractivity contribution in [3.63, 3.8) is 0 Å². The van der Waals surface area contributed by atoms with Crippen LogP contribution in [0.2, 0.25) is 0 Å². The van der Waals surface area contributed by atoms with Gasteiger partial charge in [0, 0.05) is 48.1 Å². The lowest BCUT2D eigenvalue weighted by Crippen LogP contribution is -2.17. The molecule has 0 amide bonds. The third-order valence-corrected chi connectivity index (χ3v) is 5.08. The van der Waals surface area contributed by atoms with E-state index in [1.165, 1.54) is 27.7 Å². The van der Waals surface area contributed by atoms with Gasteiger partial charge in [-0.1, -0.05) is 36.4 Å². The van der Waals surface area contributed by atoms with E-state index < -0.39 is 0 Å². The SMILES string of the molecule is Cc1c(-c2cccc3c2N[C@H](C)CC(=O)C3)n(C)c2ccccc12. The van der Waals surface area contributed by atoms with Gasteiger partial charge in [-0.2, -0.15) is 0 Å².